The second kappa shape index (κ2) is 5.01. The maximum Gasteiger partial charge on any atom is 0.146 e. The average molecular weight is 235 g/mol. The lowest BCUT2D eigenvalue weighted by molar-refractivity contribution is 0.265. The van der Waals surface area contributed by atoms with Crippen molar-refractivity contribution in [1.29, 1.82) is 0 Å². The molecule has 0 saturated carbocycles. The van der Waals surface area contributed by atoms with Gasteiger partial charge in [-0.25, -0.2) is 4.39 Å². The summed E-state index contributed by atoms with van der Waals surface area (Å²) in [5.74, 6) is 0.790. The van der Waals surface area contributed by atoms with E-state index >= 15 is 0 Å². The van der Waals surface area contributed by atoms with Crippen molar-refractivity contribution < 1.29 is 13.5 Å². The molecule has 0 aliphatic rings. The van der Waals surface area contributed by atoms with Crippen molar-refractivity contribution in [3.63, 3.8) is 0 Å². The van der Waals surface area contributed by atoms with E-state index in [0.29, 0.717) is 17.1 Å². The zero-order valence-electron chi connectivity index (χ0n) is 9.52. The van der Waals surface area contributed by atoms with Crippen LogP contribution in [-0.4, -0.2) is 0 Å². The van der Waals surface area contributed by atoms with Gasteiger partial charge in [-0.3, -0.25) is 0 Å². The van der Waals surface area contributed by atoms with E-state index in [0.717, 1.165) is 0 Å². The molecule has 4 heteroatoms. The van der Waals surface area contributed by atoms with Crippen LogP contribution in [0, 0.1) is 5.82 Å². The van der Waals surface area contributed by atoms with Gasteiger partial charge >= 0.3 is 0 Å². The van der Waals surface area contributed by atoms with Gasteiger partial charge < -0.3 is 14.9 Å². The Morgan fingerprint density at radius 1 is 1.35 bits per heavy atom. The minimum absolute atomic E-state index is 0.260. The van der Waals surface area contributed by atoms with E-state index in [2.05, 4.69) is 0 Å². The highest BCUT2D eigenvalue weighted by molar-refractivity contribution is 5.36. The van der Waals surface area contributed by atoms with E-state index in [9.17, 15) is 4.39 Å². The average Bonchev–Trinajstić information content (AvgIpc) is 2.78. The molecule has 0 aliphatic heterocycles. The molecule has 2 rings (SSSR count). The van der Waals surface area contributed by atoms with E-state index in [-0.39, 0.29) is 12.4 Å². The minimum Gasteiger partial charge on any atom is -0.485 e. The van der Waals surface area contributed by atoms with Gasteiger partial charge in [0.2, 0.25) is 0 Å². The molecule has 2 N–H and O–H groups in total. The van der Waals surface area contributed by atoms with Crippen LogP contribution in [0.25, 0.3) is 0 Å². The summed E-state index contributed by atoms with van der Waals surface area (Å²) in [6, 6.07) is 7.83. The molecule has 0 fully saturated rings. The topological polar surface area (TPSA) is 48.4 Å². The van der Waals surface area contributed by atoms with E-state index in [1.165, 1.54) is 6.07 Å². The quantitative estimate of drug-likeness (QED) is 0.886. The zero-order chi connectivity index (χ0) is 12.3. The van der Waals surface area contributed by atoms with Crippen LogP contribution in [0.5, 0.6) is 5.75 Å². The Labute approximate surface area is 99.0 Å². The first-order valence-electron chi connectivity index (χ1n) is 5.37. The molecule has 0 aliphatic carbocycles. The molecule has 1 heterocycles. The van der Waals surface area contributed by atoms with Crippen molar-refractivity contribution in [3.05, 3.63) is 53.7 Å². The summed E-state index contributed by atoms with van der Waals surface area (Å²) in [5, 5.41) is 0. The molecular formula is C13H14FNO2. The van der Waals surface area contributed by atoms with Crippen molar-refractivity contribution in [2.24, 2.45) is 5.73 Å². The lowest BCUT2D eigenvalue weighted by Gasteiger charge is -2.13. The van der Waals surface area contributed by atoms with Gasteiger partial charge in [0.1, 0.15) is 23.9 Å². The zero-order valence-corrected chi connectivity index (χ0v) is 9.52. The van der Waals surface area contributed by atoms with Gasteiger partial charge in [-0.05, 0) is 31.2 Å². The number of rotatable bonds is 4. The summed E-state index contributed by atoms with van der Waals surface area (Å²) in [5.41, 5.74) is 6.11. The number of hydrogen-bond acceptors (Lipinski definition) is 3. The Morgan fingerprint density at radius 3 is 2.82 bits per heavy atom. The number of halogens is 1. The van der Waals surface area contributed by atoms with E-state index in [1.807, 2.05) is 0 Å². The minimum atomic E-state index is -0.414. The molecule has 17 heavy (non-hydrogen) atoms. The molecule has 0 spiro atoms. The fourth-order valence-electron chi connectivity index (χ4n) is 1.63. The smallest absolute Gasteiger partial charge is 0.146 e. The maximum atomic E-state index is 13.6. The Morgan fingerprint density at radius 2 is 2.18 bits per heavy atom. The highest BCUT2D eigenvalue weighted by Crippen LogP contribution is 2.27. The van der Waals surface area contributed by atoms with Gasteiger partial charge in [0.15, 0.2) is 0 Å². The van der Waals surface area contributed by atoms with Crippen LogP contribution in [0.4, 0.5) is 4.39 Å². The second-order valence-electron chi connectivity index (χ2n) is 3.81. The predicted octanol–water partition coefficient (Wildman–Crippen LogP) is 3.02. The Kier molecular flexibility index (Phi) is 3.44. The Hall–Kier alpha value is -1.81. The molecule has 0 amide bonds. The van der Waals surface area contributed by atoms with Gasteiger partial charge in [0, 0.05) is 11.6 Å². The van der Waals surface area contributed by atoms with E-state index < -0.39 is 6.04 Å². The van der Waals surface area contributed by atoms with Gasteiger partial charge in [-0.2, -0.15) is 0 Å². The molecule has 1 aromatic carbocycles. The van der Waals surface area contributed by atoms with Crippen LogP contribution in [0.15, 0.2) is 41.0 Å². The number of ether oxygens (including phenoxy) is 1. The first kappa shape index (κ1) is 11.7. The van der Waals surface area contributed by atoms with Crippen LogP contribution in [0.3, 0.4) is 0 Å². The van der Waals surface area contributed by atoms with Gasteiger partial charge in [0.05, 0.1) is 6.26 Å². The summed E-state index contributed by atoms with van der Waals surface area (Å²) in [6.45, 7) is 1.98. The van der Waals surface area contributed by atoms with Crippen LogP contribution < -0.4 is 10.5 Å². The first-order chi connectivity index (χ1) is 8.18. The fourth-order valence-corrected chi connectivity index (χ4v) is 1.63. The van der Waals surface area contributed by atoms with Crippen LogP contribution in [-0.2, 0) is 6.61 Å². The summed E-state index contributed by atoms with van der Waals surface area (Å²) in [4.78, 5) is 0. The number of benzene rings is 1. The molecular weight excluding hydrogens is 221 g/mol. The lowest BCUT2D eigenvalue weighted by atomic mass is 10.1. The van der Waals surface area contributed by atoms with Crippen LogP contribution in [0.1, 0.15) is 24.3 Å². The molecule has 0 bridgehead atoms. The third-order valence-electron chi connectivity index (χ3n) is 2.42. The summed E-state index contributed by atoms with van der Waals surface area (Å²) in [6.07, 6.45) is 1.57. The number of furan rings is 1. The predicted molar refractivity (Wildman–Crippen MR) is 62.0 cm³/mol. The molecule has 3 nitrogen and oxygen atoms in total. The maximum absolute atomic E-state index is 13.6. The molecule has 90 valence electrons. The normalized spacial score (nSPS) is 12.4. The number of hydrogen-bond donors (Lipinski definition) is 1. The largest absolute Gasteiger partial charge is 0.485 e. The van der Waals surface area contributed by atoms with Gasteiger partial charge in [0.25, 0.3) is 0 Å². The van der Waals surface area contributed by atoms with Gasteiger partial charge in [-0.1, -0.05) is 6.07 Å². The summed E-state index contributed by atoms with van der Waals surface area (Å²) in [7, 11) is 0. The lowest BCUT2D eigenvalue weighted by Crippen LogP contribution is -2.10. The van der Waals surface area contributed by atoms with E-state index in [1.54, 1.807) is 37.5 Å². The van der Waals surface area contributed by atoms with Crippen molar-refractivity contribution >= 4 is 0 Å². The van der Waals surface area contributed by atoms with Crippen molar-refractivity contribution in [2.45, 2.75) is 19.6 Å². The van der Waals surface area contributed by atoms with Crippen LogP contribution >= 0.6 is 0 Å². The van der Waals surface area contributed by atoms with Crippen molar-refractivity contribution in [2.75, 3.05) is 0 Å². The van der Waals surface area contributed by atoms with Crippen molar-refractivity contribution in [3.8, 4) is 5.75 Å². The Balaban J connectivity index is 2.18. The molecule has 0 unspecified atom stereocenters. The molecule has 1 aromatic heterocycles. The molecule has 1 atom stereocenters. The monoisotopic (exact) mass is 235 g/mol. The Bertz CT molecular complexity index is 480. The molecule has 0 radical (unpaired) electrons. The molecule has 0 saturated heterocycles. The highest BCUT2D eigenvalue weighted by Gasteiger charge is 2.13. The summed E-state index contributed by atoms with van der Waals surface area (Å²) >= 11 is 0. The second-order valence-corrected chi connectivity index (χ2v) is 3.81. The molecule has 2 aromatic rings. The van der Waals surface area contributed by atoms with Crippen molar-refractivity contribution in [1.82, 2.24) is 0 Å². The van der Waals surface area contributed by atoms with Gasteiger partial charge in [-0.15, -0.1) is 0 Å². The summed E-state index contributed by atoms with van der Waals surface area (Å²) < 4.78 is 24.2. The van der Waals surface area contributed by atoms with E-state index in [4.69, 9.17) is 14.9 Å². The third kappa shape index (κ3) is 2.65. The fraction of sp³-hybridized carbons (Fsp3) is 0.231. The third-order valence-corrected chi connectivity index (χ3v) is 2.42. The number of nitrogens with two attached hydrogens (primary N) is 1. The SMILES string of the molecule is C[C@H](N)c1c(F)cccc1OCc1ccco1. The first-order valence-corrected chi connectivity index (χ1v) is 5.37. The highest BCUT2D eigenvalue weighted by atomic mass is 19.1. The van der Waals surface area contributed by atoms with Crippen LogP contribution in [0.2, 0.25) is 0 Å². The standard InChI is InChI=1S/C13H14FNO2/c1-9(15)13-11(14)5-2-6-12(13)17-8-10-4-3-7-16-10/h2-7,9H,8,15H2,1H3/t9-/m0/s1.